The zero-order valence-corrected chi connectivity index (χ0v) is 11.2. The van der Waals surface area contributed by atoms with Crippen LogP contribution in [0.3, 0.4) is 0 Å². The van der Waals surface area contributed by atoms with Crippen molar-refractivity contribution in [3.63, 3.8) is 0 Å². The summed E-state index contributed by atoms with van der Waals surface area (Å²) in [6.07, 6.45) is 1.58. The van der Waals surface area contributed by atoms with Crippen molar-refractivity contribution >= 4 is 17.2 Å². The van der Waals surface area contributed by atoms with Gasteiger partial charge in [0.2, 0.25) is 0 Å². The molecule has 0 atom stereocenters. The van der Waals surface area contributed by atoms with Gasteiger partial charge in [-0.25, -0.2) is 13.8 Å². The Morgan fingerprint density at radius 3 is 2.68 bits per heavy atom. The highest BCUT2D eigenvalue weighted by molar-refractivity contribution is 6.13. The lowest BCUT2D eigenvalue weighted by Crippen LogP contribution is -2.16. The third-order valence-electron chi connectivity index (χ3n) is 3.42. The lowest BCUT2D eigenvalue weighted by molar-refractivity contribution is 0.579. The van der Waals surface area contributed by atoms with E-state index in [1.54, 1.807) is 24.4 Å². The highest BCUT2D eigenvalue weighted by Crippen LogP contribution is 2.36. The van der Waals surface area contributed by atoms with Gasteiger partial charge in [-0.1, -0.05) is 24.2 Å². The van der Waals surface area contributed by atoms with Gasteiger partial charge in [-0.2, -0.15) is 5.10 Å². The maximum Gasteiger partial charge on any atom is 0.144 e. The lowest BCUT2D eigenvalue weighted by Gasteiger charge is -2.09. The number of aromatic nitrogens is 2. The fourth-order valence-corrected chi connectivity index (χ4v) is 2.42. The Balaban J connectivity index is 1.99. The first-order chi connectivity index (χ1) is 11.1. The molecule has 0 bridgehead atoms. The van der Waals surface area contributed by atoms with Gasteiger partial charge in [-0.15, -0.1) is 0 Å². The number of aliphatic imine (C=N–C) groups is 1. The SMILES string of the molecule is [2H]c1ccc2c(c1)-c1n[nH]cc1NC(c1c(F)cccc1F)=N2. The lowest BCUT2D eigenvalue weighted by atomic mass is 10.1. The van der Waals surface area contributed by atoms with Gasteiger partial charge in [-0.05, 0) is 18.2 Å². The Labute approximate surface area is 125 Å². The number of nitrogens with zero attached hydrogens (tertiary/aromatic N) is 2. The van der Waals surface area contributed by atoms with Crippen molar-refractivity contribution in [3.05, 3.63) is 65.8 Å². The van der Waals surface area contributed by atoms with Crippen LogP contribution in [-0.2, 0) is 0 Å². The van der Waals surface area contributed by atoms with Gasteiger partial charge >= 0.3 is 0 Å². The number of nitrogens with one attached hydrogen (secondary N) is 2. The molecule has 2 aromatic carbocycles. The Hall–Kier alpha value is -3.02. The van der Waals surface area contributed by atoms with Crippen LogP contribution in [0.1, 0.15) is 6.93 Å². The maximum atomic E-state index is 14.1. The number of amidine groups is 1. The molecule has 0 unspecified atom stereocenters. The van der Waals surface area contributed by atoms with Gasteiger partial charge in [0.25, 0.3) is 0 Å². The number of fused-ring (bicyclic) bond motifs is 3. The maximum absolute atomic E-state index is 14.1. The van der Waals surface area contributed by atoms with Crippen molar-refractivity contribution in [2.45, 2.75) is 0 Å². The Bertz CT molecular complexity index is 929. The molecule has 1 aromatic heterocycles. The molecule has 0 radical (unpaired) electrons. The molecule has 0 amide bonds. The van der Waals surface area contributed by atoms with E-state index in [0.717, 1.165) is 0 Å². The third kappa shape index (κ3) is 1.88. The molecule has 22 heavy (non-hydrogen) atoms. The zero-order chi connectivity index (χ0) is 16.0. The normalized spacial score (nSPS) is 13.4. The van der Waals surface area contributed by atoms with E-state index in [2.05, 4.69) is 20.5 Å². The first-order valence-corrected chi connectivity index (χ1v) is 6.58. The molecule has 2 heterocycles. The van der Waals surface area contributed by atoms with E-state index in [-0.39, 0.29) is 11.4 Å². The van der Waals surface area contributed by atoms with E-state index in [4.69, 9.17) is 1.37 Å². The smallest absolute Gasteiger partial charge is 0.144 e. The minimum atomic E-state index is -0.707. The van der Waals surface area contributed by atoms with Gasteiger partial charge in [0, 0.05) is 11.8 Å². The topological polar surface area (TPSA) is 53.1 Å². The van der Waals surface area contributed by atoms with Crippen molar-refractivity contribution in [3.8, 4) is 11.3 Å². The summed E-state index contributed by atoms with van der Waals surface area (Å²) in [5.41, 5.74) is 1.95. The van der Waals surface area contributed by atoms with Crippen LogP contribution in [0.2, 0.25) is 0 Å². The minimum absolute atomic E-state index is 0.0553. The molecular weight excluding hydrogens is 286 g/mol. The monoisotopic (exact) mass is 297 g/mol. The summed E-state index contributed by atoms with van der Waals surface area (Å²) in [6, 6.07) is 8.76. The molecule has 0 saturated heterocycles. The summed E-state index contributed by atoms with van der Waals surface area (Å²) in [6.45, 7) is 0. The van der Waals surface area contributed by atoms with Crippen LogP contribution in [0, 0.1) is 11.6 Å². The number of H-pyrrole nitrogens is 1. The molecule has 0 fully saturated rings. The van der Waals surface area contributed by atoms with Crippen LogP contribution < -0.4 is 5.32 Å². The molecule has 1 aliphatic heterocycles. The fourth-order valence-electron chi connectivity index (χ4n) is 2.42. The number of benzene rings is 2. The van der Waals surface area contributed by atoms with E-state index >= 15 is 0 Å². The largest absolute Gasteiger partial charge is 0.336 e. The summed E-state index contributed by atoms with van der Waals surface area (Å²) >= 11 is 0. The molecule has 0 saturated carbocycles. The Kier molecular flexibility index (Phi) is 2.52. The van der Waals surface area contributed by atoms with Gasteiger partial charge in [-0.3, -0.25) is 5.10 Å². The second-order valence-electron chi connectivity index (χ2n) is 4.77. The number of rotatable bonds is 1. The molecular formula is C16H10F2N4. The molecule has 6 heteroatoms. The van der Waals surface area contributed by atoms with Crippen LogP contribution in [0.15, 0.2) is 53.6 Å². The van der Waals surface area contributed by atoms with E-state index < -0.39 is 11.6 Å². The molecule has 1 aliphatic rings. The summed E-state index contributed by atoms with van der Waals surface area (Å²) in [4.78, 5) is 4.35. The van der Waals surface area contributed by atoms with E-state index in [0.29, 0.717) is 28.7 Å². The second kappa shape index (κ2) is 4.77. The quantitative estimate of drug-likeness (QED) is 0.716. The Morgan fingerprint density at radius 1 is 1.05 bits per heavy atom. The molecule has 2 N–H and O–H groups in total. The van der Waals surface area contributed by atoms with Gasteiger partial charge in [0.05, 0.1) is 18.3 Å². The average Bonchev–Trinajstić information content (AvgIpc) is 2.91. The number of halogens is 2. The highest BCUT2D eigenvalue weighted by atomic mass is 19.1. The summed E-state index contributed by atoms with van der Waals surface area (Å²) in [7, 11) is 0. The molecule has 0 aliphatic carbocycles. The van der Waals surface area contributed by atoms with Crippen LogP contribution >= 0.6 is 0 Å². The van der Waals surface area contributed by atoms with Crippen molar-refractivity contribution in [2.75, 3.05) is 5.32 Å². The van der Waals surface area contributed by atoms with Crippen LogP contribution in [-0.4, -0.2) is 16.0 Å². The third-order valence-corrected chi connectivity index (χ3v) is 3.42. The standard InChI is InChI=1S/C16H10F2N4/c17-10-5-3-6-11(18)14(10)16-20-12-7-2-1-4-9(12)15-13(21-16)8-19-22-15/h1-8H,(H,19,22)(H,20,21)/i1D. The number of aromatic amines is 1. The van der Waals surface area contributed by atoms with Crippen LogP contribution in [0.25, 0.3) is 11.3 Å². The van der Waals surface area contributed by atoms with Gasteiger partial charge < -0.3 is 5.32 Å². The van der Waals surface area contributed by atoms with Crippen molar-refractivity contribution in [1.29, 1.82) is 0 Å². The molecule has 4 rings (SSSR count). The molecule has 108 valence electrons. The molecule has 3 aromatic rings. The summed E-state index contributed by atoms with van der Waals surface area (Å²) < 4.78 is 35.9. The van der Waals surface area contributed by atoms with Crippen LogP contribution in [0.5, 0.6) is 0 Å². The number of hydrogen-bond donors (Lipinski definition) is 2. The average molecular weight is 297 g/mol. The summed E-state index contributed by atoms with van der Waals surface area (Å²) in [5.74, 6) is -1.36. The number of anilines is 1. The minimum Gasteiger partial charge on any atom is -0.336 e. The van der Waals surface area contributed by atoms with E-state index in [1.165, 1.54) is 18.2 Å². The fraction of sp³-hybridized carbons (Fsp3) is 0. The first-order valence-electron chi connectivity index (χ1n) is 7.08. The zero-order valence-electron chi connectivity index (χ0n) is 12.2. The summed E-state index contributed by atoms with van der Waals surface area (Å²) in [5, 5.41) is 9.77. The van der Waals surface area contributed by atoms with E-state index in [1.807, 2.05) is 0 Å². The first kappa shape index (κ1) is 11.6. The molecule has 4 nitrogen and oxygen atoms in total. The van der Waals surface area contributed by atoms with Gasteiger partial charge in [0.15, 0.2) is 0 Å². The van der Waals surface area contributed by atoms with Crippen molar-refractivity contribution < 1.29 is 10.2 Å². The van der Waals surface area contributed by atoms with Crippen molar-refractivity contribution in [1.82, 2.24) is 10.2 Å². The van der Waals surface area contributed by atoms with Crippen LogP contribution in [0.4, 0.5) is 20.2 Å². The second-order valence-corrected chi connectivity index (χ2v) is 4.77. The van der Waals surface area contributed by atoms with E-state index in [9.17, 15) is 8.78 Å². The van der Waals surface area contributed by atoms with Crippen molar-refractivity contribution in [2.24, 2.45) is 4.99 Å². The van der Waals surface area contributed by atoms with Gasteiger partial charge in [0.1, 0.15) is 23.2 Å². The number of hydrogen-bond acceptors (Lipinski definition) is 3. The predicted molar refractivity (Wildman–Crippen MR) is 80.2 cm³/mol. The number of para-hydroxylation sites is 1. The highest BCUT2D eigenvalue weighted by Gasteiger charge is 2.22. The Morgan fingerprint density at radius 2 is 1.86 bits per heavy atom. The molecule has 0 spiro atoms. The predicted octanol–water partition coefficient (Wildman–Crippen LogP) is 3.86.